The molecule has 82 valence electrons. The molecule has 2 heteroatoms. The minimum Gasteiger partial charge on any atom is -0.376 e. The molecule has 1 aliphatic rings. The maximum Gasteiger partial charge on any atom is 0.0811 e. The van der Waals surface area contributed by atoms with Crippen LogP contribution in [0.1, 0.15) is 32.3 Å². The second kappa shape index (κ2) is 3.86. The first-order valence-corrected chi connectivity index (χ1v) is 5.56. The van der Waals surface area contributed by atoms with Gasteiger partial charge < -0.3 is 10.1 Å². The molecule has 0 aromatic heterocycles. The van der Waals surface area contributed by atoms with Crippen LogP contribution >= 0.6 is 0 Å². The standard InChI is InChI=1S/C13H19NO/c1-10(2)11-6-4-5-7-12(11)14-13(3)8-15-9-13/h4-7,10,14H,8-9H2,1-3H3. The van der Waals surface area contributed by atoms with Crippen LogP contribution in [0, 0.1) is 0 Å². The molecule has 0 spiro atoms. The Bertz CT molecular complexity index is 342. The van der Waals surface area contributed by atoms with Gasteiger partial charge in [0, 0.05) is 5.69 Å². The van der Waals surface area contributed by atoms with Crippen LogP contribution in [-0.2, 0) is 4.74 Å². The molecule has 2 rings (SSSR count). The van der Waals surface area contributed by atoms with Crippen LogP contribution in [-0.4, -0.2) is 18.8 Å². The molecule has 1 saturated heterocycles. The van der Waals surface area contributed by atoms with Gasteiger partial charge >= 0.3 is 0 Å². The molecule has 1 fully saturated rings. The summed E-state index contributed by atoms with van der Waals surface area (Å²) < 4.78 is 5.25. The van der Waals surface area contributed by atoms with E-state index in [1.807, 2.05) is 0 Å². The molecule has 0 bridgehead atoms. The molecule has 0 unspecified atom stereocenters. The van der Waals surface area contributed by atoms with Crippen molar-refractivity contribution in [1.82, 2.24) is 0 Å². The van der Waals surface area contributed by atoms with Crippen LogP contribution in [0.15, 0.2) is 24.3 Å². The molecule has 1 aromatic rings. The smallest absolute Gasteiger partial charge is 0.0811 e. The van der Waals surface area contributed by atoms with Gasteiger partial charge in [-0.1, -0.05) is 32.0 Å². The summed E-state index contributed by atoms with van der Waals surface area (Å²) in [6.07, 6.45) is 0. The number of hydrogen-bond donors (Lipinski definition) is 1. The molecular weight excluding hydrogens is 186 g/mol. The zero-order valence-corrected chi connectivity index (χ0v) is 9.71. The van der Waals surface area contributed by atoms with E-state index in [1.165, 1.54) is 11.3 Å². The first kappa shape index (κ1) is 10.5. The summed E-state index contributed by atoms with van der Waals surface area (Å²) in [6.45, 7) is 8.26. The van der Waals surface area contributed by atoms with Gasteiger partial charge in [0.2, 0.25) is 0 Å². The minimum atomic E-state index is 0.130. The van der Waals surface area contributed by atoms with Crippen molar-refractivity contribution in [3.63, 3.8) is 0 Å². The predicted octanol–water partition coefficient (Wildman–Crippen LogP) is 3.01. The fourth-order valence-electron chi connectivity index (χ4n) is 1.92. The Labute approximate surface area is 91.6 Å². The maximum atomic E-state index is 5.25. The molecule has 0 amide bonds. The Hall–Kier alpha value is -1.02. The average Bonchev–Trinajstić information content (AvgIpc) is 2.16. The van der Waals surface area contributed by atoms with Crippen molar-refractivity contribution in [3.8, 4) is 0 Å². The van der Waals surface area contributed by atoms with E-state index in [0.717, 1.165) is 13.2 Å². The van der Waals surface area contributed by atoms with Crippen LogP contribution in [0.25, 0.3) is 0 Å². The summed E-state index contributed by atoms with van der Waals surface area (Å²) in [7, 11) is 0. The van der Waals surface area contributed by atoms with Crippen molar-refractivity contribution in [2.24, 2.45) is 0 Å². The van der Waals surface area contributed by atoms with Crippen LogP contribution in [0.3, 0.4) is 0 Å². The Balaban J connectivity index is 2.20. The van der Waals surface area contributed by atoms with Crippen molar-refractivity contribution in [1.29, 1.82) is 0 Å². The van der Waals surface area contributed by atoms with Gasteiger partial charge in [-0.2, -0.15) is 0 Å². The summed E-state index contributed by atoms with van der Waals surface area (Å²) in [5, 5.41) is 3.58. The highest BCUT2D eigenvalue weighted by Crippen LogP contribution is 2.29. The molecule has 1 aromatic carbocycles. The summed E-state index contributed by atoms with van der Waals surface area (Å²) in [5.41, 5.74) is 2.76. The van der Waals surface area contributed by atoms with E-state index in [2.05, 4.69) is 50.4 Å². The highest BCUT2D eigenvalue weighted by atomic mass is 16.5. The lowest BCUT2D eigenvalue weighted by Gasteiger charge is -2.40. The Kier molecular flexibility index (Phi) is 2.70. The van der Waals surface area contributed by atoms with Crippen molar-refractivity contribution in [2.45, 2.75) is 32.2 Å². The maximum absolute atomic E-state index is 5.25. The lowest BCUT2D eigenvalue weighted by molar-refractivity contribution is -0.0318. The van der Waals surface area contributed by atoms with Crippen molar-refractivity contribution < 1.29 is 4.74 Å². The molecule has 0 aliphatic carbocycles. The van der Waals surface area contributed by atoms with Crippen molar-refractivity contribution in [2.75, 3.05) is 18.5 Å². The van der Waals surface area contributed by atoms with Gasteiger partial charge in [-0.15, -0.1) is 0 Å². The van der Waals surface area contributed by atoms with Crippen LogP contribution in [0.2, 0.25) is 0 Å². The molecule has 1 N–H and O–H groups in total. The molecule has 0 atom stereocenters. The van der Waals surface area contributed by atoms with Gasteiger partial charge in [0.05, 0.1) is 18.8 Å². The molecule has 1 aliphatic heterocycles. The van der Waals surface area contributed by atoms with E-state index in [4.69, 9.17) is 4.74 Å². The number of ether oxygens (including phenoxy) is 1. The zero-order chi connectivity index (χ0) is 10.9. The van der Waals surface area contributed by atoms with E-state index in [0.29, 0.717) is 5.92 Å². The average molecular weight is 205 g/mol. The van der Waals surface area contributed by atoms with E-state index in [-0.39, 0.29) is 5.54 Å². The number of hydrogen-bond acceptors (Lipinski definition) is 2. The third-order valence-electron chi connectivity index (χ3n) is 2.86. The second-order valence-electron chi connectivity index (χ2n) is 4.92. The normalized spacial score (nSPS) is 18.7. The SMILES string of the molecule is CC(C)c1ccccc1NC1(C)COC1. The third-order valence-corrected chi connectivity index (χ3v) is 2.86. The zero-order valence-electron chi connectivity index (χ0n) is 9.71. The van der Waals surface area contributed by atoms with Crippen molar-refractivity contribution >= 4 is 5.69 Å². The second-order valence-corrected chi connectivity index (χ2v) is 4.92. The van der Waals surface area contributed by atoms with Crippen LogP contribution in [0.5, 0.6) is 0 Å². The van der Waals surface area contributed by atoms with E-state index < -0.39 is 0 Å². The topological polar surface area (TPSA) is 21.3 Å². The van der Waals surface area contributed by atoms with Gasteiger partial charge in [0.1, 0.15) is 0 Å². The molecule has 1 heterocycles. The Morgan fingerprint density at radius 3 is 2.47 bits per heavy atom. The minimum absolute atomic E-state index is 0.130. The Morgan fingerprint density at radius 1 is 1.27 bits per heavy atom. The van der Waals surface area contributed by atoms with Gasteiger partial charge in [0.15, 0.2) is 0 Å². The lowest BCUT2D eigenvalue weighted by atomic mass is 9.96. The third kappa shape index (κ3) is 2.15. The summed E-state index contributed by atoms with van der Waals surface area (Å²) in [4.78, 5) is 0. The van der Waals surface area contributed by atoms with E-state index in [9.17, 15) is 0 Å². The van der Waals surface area contributed by atoms with Gasteiger partial charge in [0.25, 0.3) is 0 Å². The van der Waals surface area contributed by atoms with Gasteiger partial charge in [-0.3, -0.25) is 0 Å². The number of anilines is 1. The van der Waals surface area contributed by atoms with E-state index >= 15 is 0 Å². The van der Waals surface area contributed by atoms with Gasteiger partial charge in [-0.25, -0.2) is 0 Å². The number of benzene rings is 1. The molecule has 15 heavy (non-hydrogen) atoms. The highest BCUT2D eigenvalue weighted by molar-refractivity contribution is 5.54. The largest absolute Gasteiger partial charge is 0.376 e. The molecular formula is C13H19NO. The number of nitrogens with one attached hydrogen (secondary N) is 1. The highest BCUT2D eigenvalue weighted by Gasteiger charge is 2.33. The monoisotopic (exact) mass is 205 g/mol. The van der Waals surface area contributed by atoms with Crippen molar-refractivity contribution in [3.05, 3.63) is 29.8 Å². The molecule has 0 saturated carbocycles. The van der Waals surface area contributed by atoms with Crippen LogP contribution in [0.4, 0.5) is 5.69 Å². The first-order chi connectivity index (χ1) is 7.11. The summed E-state index contributed by atoms with van der Waals surface area (Å²) in [5.74, 6) is 0.554. The number of para-hydroxylation sites is 1. The lowest BCUT2D eigenvalue weighted by Crippen LogP contribution is -2.53. The van der Waals surface area contributed by atoms with Gasteiger partial charge in [-0.05, 0) is 24.5 Å². The molecule has 0 radical (unpaired) electrons. The summed E-state index contributed by atoms with van der Waals surface area (Å²) >= 11 is 0. The first-order valence-electron chi connectivity index (χ1n) is 5.56. The number of rotatable bonds is 3. The quantitative estimate of drug-likeness (QED) is 0.819. The molecule has 2 nitrogen and oxygen atoms in total. The fourth-order valence-corrected chi connectivity index (χ4v) is 1.92. The predicted molar refractivity (Wildman–Crippen MR) is 63.4 cm³/mol. The van der Waals surface area contributed by atoms with E-state index in [1.54, 1.807) is 0 Å². The summed E-state index contributed by atoms with van der Waals surface area (Å²) in [6, 6.07) is 8.52. The van der Waals surface area contributed by atoms with Crippen LogP contribution < -0.4 is 5.32 Å². The fraction of sp³-hybridized carbons (Fsp3) is 0.538. The Morgan fingerprint density at radius 2 is 1.93 bits per heavy atom.